The summed E-state index contributed by atoms with van der Waals surface area (Å²) in [7, 11) is 3.17. The Kier molecular flexibility index (Phi) is 3.89. The third kappa shape index (κ3) is 2.65. The number of hydrogen-bond donors (Lipinski definition) is 1. The molecule has 2 aromatic rings. The van der Waals surface area contributed by atoms with E-state index in [-0.39, 0.29) is 0 Å². The van der Waals surface area contributed by atoms with Gasteiger partial charge >= 0.3 is 0 Å². The number of aromatic nitrogens is 1. The number of nitrogens with zero attached hydrogens (tertiary/aromatic N) is 1. The van der Waals surface area contributed by atoms with Crippen molar-refractivity contribution < 1.29 is 14.6 Å². The molecule has 1 N–H and O–H groups in total. The second-order valence-electron chi connectivity index (χ2n) is 4.01. The van der Waals surface area contributed by atoms with E-state index < -0.39 is 6.10 Å². The number of aliphatic hydroxyl groups is 1. The Morgan fingerprint density at radius 2 is 1.78 bits per heavy atom. The summed E-state index contributed by atoms with van der Waals surface area (Å²) in [4.78, 5) is 0. The number of methoxy groups -OCH3 is 2. The van der Waals surface area contributed by atoms with Gasteiger partial charge in [-0.3, -0.25) is 0 Å². The lowest BCUT2D eigenvalue weighted by atomic mass is 10.1. The Hall–Kier alpha value is -1.94. The van der Waals surface area contributed by atoms with Crippen LogP contribution in [0.1, 0.15) is 11.7 Å². The van der Waals surface area contributed by atoms with Crippen LogP contribution in [0.3, 0.4) is 0 Å². The highest BCUT2D eigenvalue weighted by molar-refractivity contribution is 5.43. The quantitative estimate of drug-likeness (QED) is 0.881. The molecule has 96 valence electrons. The van der Waals surface area contributed by atoms with E-state index in [1.54, 1.807) is 26.4 Å². The van der Waals surface area contributed by atoms with Gasteiger partial charge in [0.1, 0.15) is 0 Å². The number of aliphatic hydroxyl groups excluding tert-OH is 1. The second-order valence-corrected chi connectivity index (χ2v) is 4.01. The van der Waals surface area contributed by atoms with Crippen LogP contribution in [-0.2, 0) is 6.54 Å². The summed E-state index contributed by atoms with van der Waals surface area (Å²) in [6, 6.07) is 9.30. The minimum atomic E-state index is -0.572. The van der Waals surface area contributed by atoms with Crippen molar-refractivity contribution in [3.8, 4) is 11.5 Å². The molecule has 1 heterocycles. The molecule has 1 aromatic carbocycles. The van der Waals surface area contributed by atoms with Gasteiger partial charge in [-0.15, -0.1) is 0 Å². The molecule has 0 amide bonds. The average Bonchev–Trinajstić information content (AvgIpc) is 2.90. The highest BCUT2D eigenvalue weighted by atomic mass is 16.5. The Bertz CT molecular complexity index is 494. The zero-order valence-corrected chi connectivity index (χ0v) is 10.5. The highest BCUT2D eigenvalue weighted by Crippen LogP contribution is 2.30. The molecule has 0 aliphatic carbocycles. The van der Waals surface area contributed by atoms with Gasteiger partial charge in [-0.2, -0.15) is 0 Å². The highest BCUT2D eigenvalue weighted by Gasteiger charge is 2.11. The fourth-order valence-electron chi connectivity index (χ4n) is 1.86. The number of ether oxygens (including phenoxy) is 2. The number of rotatable bonds is 5. The van der Waals surface area contributed by atoms with Crippen molar-refractivity contribution in [2.75, 3.05) is 14.2 Å². The molecule has 1 atom stereocenters. The summed E-state index contributed by atoms with van der Waals surface area (Å²) >= 11 is 0. The number of hydrogen-bond acceptors (Lipinski definition) is 3. The van der Waals surface area contributed by atoms with Crippen molar-refractivity contribution >= 4 is 0 Å². The fraction of sp³-hybridized carbons (Fsp3) is 0.286. The predicted octanol–water partition coefficient (Wildman–Crippen LogP) is 2.24. The predicted molar refractivity (Wildman–Crippen MR) is 68.9 cm³/mol. The molecule has 0 aliphatic rings. The van der Waals surface area contributed by atoms with Crippen LogP contribution in [-0.4, -0.2) is 23.9 Å². The Morgan fingerprint density at radius 1 is 1.11 bits per heavy atom. The van der Waals surface area contributed by atoms with E-state index in [2.05, 4.69) is 0 Å². The van der Waals surface area contributed by atoms with E-state index in [0.717, 1.165) is 5.56 Å². The first-order chi connectivity index (χ1) is 8.74. The van der Waals surface area contributed by atoms with Crippen LogP contribution in [0, 0.1) is 0 Å². The molecular weight excluding hydrogens is 230 g/mol. The van der Waals surface area contributed by atoms with Gasteiger partial charge in [0.15, 0.2) is 11.5 Å². The van der Waals surface area contributed by atoms with Gasteiger partial charge in [0.2, 0.25) is 0 Å². The fourth-order valence-corrected chi connectivity index (χ4v) is 1.86. The van der Waals surface area contributed by atoms with E-state index in [0.29, 0.717) is 18.0 Å². The second kappa shape index (κ2) is 5.60. The van der Waals surface area contributed by atoms with Crippen LogP contribution in [0.15, 0.2) is 42.7 Å². The lowest BCUT2D eigenvalue weighted by molar-refractivity contribution is 0.156. The SMILES string of the molecule is COc1ccc(C(O)Cn2cccc2)cc1OC. The average molecular weight is 247 g/mol. The van der Waals surface area contributed by atoms with Crippen molar-refractivity contribution in [2.45, 2.75) is 12.6 Å². The molecule has 0 spiro atoms. The summed E-state index contributed by atoms with van der Waals surface area (Å²) in [5.74, 6) is 1.29. The molecule has 4 heteroatoms. The Balaban J connectivity index is 2.17. The Labute approximate surface area is 106 Å². The van der Waals surface area contributed by atoms with Crippen molar-refractivity contribution in [2.24, 2.45) is 0 Å². The van der Waals surface area contributed by atoms with Crippen LogP contribution in [0.2, 0.25) is 0 Å². The van der Waals surface area contributed by atoms with Gasteiger partial charge in [0.25, 0.3) is 0 Å². The summed E-state index contributed by atoms with van der Waals surface area (Å²) < 4.78 is 12.3. The van der Waals surface area contributed by atoms with Crippen molar-refractivity contribution in [1.29, 1.82) is 0 Å². The smallest absolute Gasteiger partial charge is 0.161 e. The van der Waals surface area contributed by atoms with Gasteiger partial charge in [-0.05, 0) is 29.8 Å². The van der Waals surface area contributed by atoms with Crippen LogP contribution in [0.5, 0.6) is 11.5 Å². The molecular formula is C14H17NO3. The minimum Gasteiger partial charge on any atom is -0.493 e. The standard InChI is InChI=1S/C14H17NO3/c1-17-13-6-5-11(9-14(13)18-2)12(16)10-15-7-3-4-8-15/h3-9,12,16H,10H2,1-2H3. The van der Waals surface area contributed by atoms with E-state index in [1.165, 1.54) is 0 Å². The maximum atomic E-state index is 10.2. The topological polar surface area (TPSA) is 43.6 Å². The summed E-state index contributed by atoms with van der Waals surface area (Å²) in [5.41, 5.74) is 0.807. The molecule has 1 unspecified atom stereocenters. The molecule has 0 saturated carbocycles. The van der Waals surface area contributed by atoms with Gasteiger partial charge < -0.3 is 19.1 Å². The van der Waals surface area contributed by atoms with Gasteiger partial charge in [0.05, 0.1) is 26.9 Å². The zero-order chi connectivity index (χ0) is 13.0. The first-order valence-corrected chi connectivity index (χ1v) is 5.75. The van der Waals surface area contributed by atoms with Crippen LogP contribution < -0.4 is 9.47 Å². The van der Waals surface area contributed by atoms with Crippen LogP contribution in [0.4, 0.5) is 0 Å². The van der Waals surface area contributed by atoms with Gasteiger partial charge in [-0.1, -0.05) is 6.07 Å². The molecule has 4 nitrogen and oxygen atoms in total. The lowest BCUT2D eigenvalue weighted by Gasteiger charge is -2.14. The maximum absolute atomic E-state index is 10.2. The summed E-state index contributed by atoms with van der Waals surface area (Å²) in [6.07, 6.45) is 3.27. The monoisotopic (exact) mass is 247 g/mol. The van der Waals surface area contributed by atoms with Crippen molar-refractivity contribution in [3.05, 3.63) is 48.3 Å². The summed E-state index contributed by atoms with van der Waals surface area (Å²) in [5, 5.41) is 10.2. The normalized spacial score (nSPS) is 12.2. The van der Waals surface area contributed by atoms with Crippen LogP contribution >= 0.6 is 0 Å². The van der Waals surface area contributed by atoms with E-state index in [4.69, 9.17) is 9.47 Å². The number of benzene rings is 1. The Morgan fingerprint density at radius 3 is 2.39 bits per heavy atom. The molecule has 0 radical (unpaired) electrons. The van der Waals surface area contributed by atoms with Gasteiger partial charge in [-0.25, -0.2) is 0 Å². The molecule has 0 fully saturated rings. The largest absolute Gasteiger partial charge is 0.493 e. The van der Waals surface area contributed by atoms with Gasteiger partial charge in [0, 0.05) is 12.4 Å². The van der Waals surface area contributed by atoms with E-state index >= 15 is 0 Å². The molecule has 18 heavy (non-hydrogen) atoms. The summed E-state index contributed by atoms with van der Waals surface area (Å²) in [6.45, 7) is 0.516. The van der Waals surface area contributed by atoms with Crippen molar-refractivity contribution in [3.63, 3.8) is 0 Å². The van der Waals surface area contributed by atoms with Crippen molar-refractivity contribution in [1.82, 2.24) is 4.57 Å². The maximum Gasteiger partial charge on any atom is 0.161 e. The molecule has 0 bridgehead atoms. The van der Waals surface area contributed by atoms with E-state index in [1.807, 2.05) is 35.2 Å². The first-order valence-electron chi connectivity index (χ1n) is 5.75. The molecule has 0 aliphatic heterocycles. The first kappa shape index (κ1) is 12.5. The molecule has 1 aromatic heterocycles. The third-order valence-corrected chi connectivity index (χ3v) is 2.84. The third-order valence-electron chi connectivity index (χ3n) is 2.84. The van der Waals surface area contributed by atoms with Crippen LogP contribution in [0.25, 0.3) is 0 Å². The zero-order valence-electron chi connectivity index (χ0n) is 10.5. The molecule has 0 saturated heterocycles. The van der Waals surface area contributed by atoms with E-state index in [9.17, 15) is 5.11 Å². The molecule has 2 rings (SSSR count). The minimum absolute atomic E-state index is 0.516. The lowest BCUT2D eigenvalue weighted by Crippen LogP contribution is -2.07.